The monoisotopic (exact) mass is 317 g/mol. The predicted molar refractivity (Wildman–Crippen MR) is 73.6 cm³/mol. The summed E-state index contributed by atoms with van der Waals surface area (Å²) in [6.07, 6.45) is 0.639. The number of halogens is 1. The number of rotatable bonds is 4. The first-order valence-corrected chi connectivity index (χ1v) is 7.87. The molecule has 2 unspecified atom stereocenters. The van der Waals surface area contributed by atoms with Crippen LogP contribution in [0.25, 0.3) is 0 Å². The summed E-state index contributed by atoms with van der Waals surface area (Å²) >= 11 is 0. The zero-order chi connectivity index (χ0) is 15.8. The zero-order valence-corrected chi connectivity index (χ0v) is 12.2. The van der Waals surface area contributed by atoms with Crippen LogP contribution in [0.4, 0.5) is 10.1 Å². The summed E-state index contributed by atoms with van der Waals surface area (Å²) in [7, 11) is -3.87. The molecule has 9 heteroatoms. The summed E-state index contributed by atoms with van der Waals surface area (Å²) in [4.78, 5) is 9.49. The van der Waals surface area contributed by atoms with E-state index in [4.69, 9.17) is 5.73 Å². The average molecular weight is 317 g/mol. The molecular formula is C12H16FN3O4S. The van der Waals surface area contributed by atoms with Gasteiger partial charge in [0.1, 0.15) is 0 Å². The Bertz CT molecular complexity index is 662. The minimum Gasteiger partial charge on any atom is -0.328 e. The summed E-state index contributed by atoms with van der Waals surface area (Å²) in [6, 6.07) is 2.46. The lowest BCUT2D eigenvalue weighted by atomic mass is 10.0. The first-order chi connectivity index (χ1) is 9.73. The molecule has 0 saturated carbocycles. The predicted octanol–water partition coefficient (Wildman–Crippen LogP) is 1.09. The second-order valence-corrected chi connectivity index (χ2v) is 7.08. The van der Waals surface area contributed by atoms with E-state index < -0.39 is 26.5 Å². The summed E-state index contributed by atoms with van der Waals surface area (Å²) in [5, 5.41) is 10.7. The van der Waals surface area contributed by atoms with Crippen LogP contribution >= 0.6 is 0 Å². The maximum atomic E-state index is 13.3. The largest absolute Gasteiger partial charge is 0.328 e. The van der Waals surface area contributed by atoms with E-state index in [0.717, 1.165) is 18.2 Å². The van der Waals surface area contributed by atoms with Crippen molar-refractivity contribution in [2.75, 3.05) is 13.1 Å². The molecule has 2 N–H and O–H groups in total. The number of benzene rings is 1. The minimum absolute atomic E-state index is 0.0511. The van der Waals surface area contributed by atoms with Gasteiger partial charge in [-0.1, -0.05) is 0 Å². The van der Waals surface area contributed by atoms with Crippen molar-refractivity contribution < 1.29 is 17.7 Å². The van der Waals surface area contributed by atoms with Gasteiger partial charge < -0.3 is 5.73 Å². The van der Waals surface area contributed by atoms with E-state index in [1.807, 2.05) is 6.92 Å². The zero-order valence-electron chi connectivity index (χ0n) is 11.4. The minimum atomic E-state index is -3.87. The van der Waals surface area contributed by atoms with Crippen LogP contribution in [0.3, 0.4) is 0 Å². The number of nitrogens with two attached hydrogens (primary N) is 1. The van der Waals surface area contributed by atoms with Gasteiger partial charge in [-0.05, 0) is 31.4 Å². The molecule has 0 amide bonds. The van der Waals surface area contributed by atoms with Crippen molar-refractivity contribution in [3.05, 3.63) is 34.1 Å². The molecule has 21 heavy (non-hydrogen) atoms. The first kappa shape index (κ1) is 15.8. The van der Waals surface area contributed by atoms with E-state index in [1.54, 1.807) is 0 Å². The molecule has 0 aliphatic carbocycles. The Morgan fingerprint density at radius 3 is 2.71 bits per heavy atom. The molecule has 116 valence electrons. The Hall–Kier alpha value is -1.58. The highest BCUT2D eigenvalue weighted by atomic mass is 32.2. The molecule has 0 aromatic heterocycles. The van der Waals surface area contributed by atoms with Crippen LogP contribution in [0.15, 0.2) is 23.1 Å². The van der Waals surface area contributed by atoms with Gasteiger partial charge in [-0.2, -0.15) is 8.70 Å². The topological polar surface area (TPSA) is 107 Å². The van der Waals surface area contributed by atoms with Gasteiger partial charge in [0.15, 0.2) is 0 Å². The van der Waals surface area contributed by atoms with E-state index in [0.29, 0.717) is 13.0 Å². The van der Waals surface area contributed by atoms with Gasteiger partial charge in [-0.25, -0.2) is 8.42 Å². The third-order valence-corrected chi connectivity index (χ3v) is 5.54. The average Bonchev–Trinajstić information content (AvgIpc) is 2.89. The van der Waals surface area contributed by atoms with Crippen molar-refractivity contribution in [3.63, 3.8) is 0 Å². The highest BCUT2D eigenvalue weighted by Gasteiger charge is 2.35. The van der Waals surface area contributed by atoms with Gasteiger partial charge in [0.2, 0.25) is 15.8 Å². The second-order valence-electron chi connectivity index (χ2n) is 5.14. The van der Waals surface area contributed by atoms with E-state index in [-0.39, 0.29) is 23.4 Å². The Kier molecular flexibility index (Phi) is 4.26. The smallest absolute Gasteiger partial charge is 0.306 e. The van der Waals surface area contributed by atoms with Crippen molar-refractivity contribution >= 4 is 15.7 Å². The van der Waals surface area contributed by atoms with E-state index in [2.05, 4.69) is 0 Å². The van der Waals surface area contributed by atoms with Crippen LogP contribution in [-0.2, 0) is 10.0 Å². The summed E-state index contributed by atoms with van der Waals surface area (Å²) in [5.74, 6) is -1.01. The highest BCUT2D eigenvalue weighted by Crippen LogP contribution is 2.28. The third-order valence-electron chi connectivity index (χ3n) is 3.68. The van der Waals surface area contributed by atoms with Crippen LogP contribution in [0.2, 0.25) is 0 Å². The van der Waals surface area contributed by atoms with Crippen molar-refractivity contribution in [2.24, 2.45) is 11.7 Å². The van der Waals surface area contributed by atoms with Gasteiger partial charge in [0.05, 0.1) is 9.82 Å². The van der Waals surface area contributed by atoms with Gasteiger partial charge in [0, 0.05) is 25.2 Å². The first-order valence-electron chi connectivity index (χ1n) is 6.43. The molecule has 1 fully saturated rings. The number of nitro groups is 1. The summed E-state index contributed by atoms with van der Waals surface area (Å²) < 4.78 is 39.4. The molecule has 1 heterocycles. The summed E-state index contributed by atoms with van der Waals surface area (Å²) in [6.45, 7) is 2.38. The number of nitro benzene ring substituents is 1. The number of hydrogen-bond donors (Lipinski definition) is 1. The van der Waals surface area contributed by atoms with E-state index in [1.165, 1.54) is 4.31 Å². The lowest BCUT2D eigenvalue weighted by Gasteiger charge is -2.18. The van der Waals surface area contributed by atoms with Crippen LogP contribution in [-0.4, -0.2) is 36.8 Å². The van der Waals surface area contributed by atoms with Crippen LogP contribution in [0, 0.1) is 21.8 Å². The third kappa shape index (κ3) is 3.04. The van der Waals surface area contributed by atoms with Gasteiger partial charge in [-0.15, -0.1) is 0 Å². The van der Waals surface area contributed by atoms with Crippen LogP contribution in [0.5, 0.6) is 0 Å². The highest BCUT2D eigenvalue weighted by molar-refractivity contribution is 7.89. The molecule has 1 aliphatic heterocycles. The summed E-state index contributed by atoms with van der Waals surface area (Å²) in [5.41, 5.74) is 4.92. The fourth-order valence-electron chi connectivity index (χ4n) is 2.34. The fraction of sp³-hybridized carbons (Fsp3) is 0.500. The maximum absolute atomic E-state index is 13.3. The van der Waals surface area contributed by atoms with Crippen LogP contribution < -0.4 is 5.73 Å². The van der Waals surface area contributed by atoms with Gasteiger partial charge in [0.25, 0.3) is 0 Å². The number of hydrogen-bond acceptors (Lipinski definition) is 5. The molecule has 1 aromatic rings. The molecule has 2 rings (SSSR count). The number of nitrogens with zero attached hydrogens (tertiary/aromatic N) is 2. The molecular weight excluding hydrogens is 301 g/mol. The molecule has 0 bridgehead atoms. The molecule has 1 saturated heterocycles. The second kappa shape index (κ2) is 5.66. The Balaban J connectivity index is 2.33. The van der Waals surface area contributed by atoms with Crippen molar-refractivity contribution in [3.8, 4) is 0 Å². The fourth-order valence-corrected chi connectivity index (χ4v) is 3.88. The molecule has 1 aliphatic rings. The molecule has 0 spiro atoms. The van der Waals surface area contributed by atoms with Crippen LogP contribution in [0.1, 0.15) is 13.3 Å². The number of sulfonamides is 1. The van der Waals surface area contributed by atoms with Gasteiger partial charge in [-0.3, -0.25) is 10.1 Å². The van der Waals surface area contributed by atoms with Gasteiger partial charge >= 0.3 is 5.69 Å². The van der Waals surface area contributed by atoms with E-state index in [9.17, 15) is 22.9 Å². The Morgan fingerprint density at radius 2 is 2.19 bits per heavy atom. The Morgan fingerprint density at radius 1 is 1.52 bits per heavy atom. The molecule has 0 radical (unpaired) electrons. The van der Waals surface area contributed by atoms with E-state index >= 15 is 0 Å². The molecule has 1 aromatic carbocycles. The quantitative estimate of drug-likeness (QED) is 0.661. The van der Waals surface area contributed by atoms with Crippen molar-refractivity contribution in [1.29, 1.82) is 0 Å². The Labute approximate surface area is 121 Å². The molecule has 7 nitrogen and oxygen atoms in total. The molecule has 2 atom stereocenters. The standard InChI is InChI=1S/C12H16FN3O4S/c1-8(14)9-4-5-15(7-9)21(19,20)10-2-3-11(13)12(6-10)16(17)18/h2-3,6,8-9H,4-5,7,14H2,1H3. The lowest BCUT2D eigenvalue weighted by molar-refractivity contribution is -0.387. The normalized spacial score (nSPS) is 21.4. The maximum Gasteiger partial charge on any atom is 0.306 e. The van der Waals surface area contributed by atoms with Crippen molar-refractivity contribution in [1.82, 2.24) is 4.31 Å². The van der Waals surface area contributed by atoms with Crippen molar-refractivity contribution in [2.45, 2.75) is 24.3 Å². The lowest BCUT2D eigenvalue weighted by Crippen LogP contribution is -2.33. The SMILES string of the molecule is CC(N)C1CCN(S(=O)(=O)c2ccc(F)c([N+](=O)[O-])c2)C1.